The maximum atomic E-state index is 12.2. The number of nitro benzene ring substituents is 1. The fourth-order valence-corrected chi connectivity index (χ4v) is 2.77. The van der Waals surface area contributed by atoms with Gasteiger partial charge in [0.15, 0.2) is 0 Å². The highest BCUT2D eigenvalue weighted by atomic mass is 35.5. The van der Waals surface area contributed by atoms with E-state index in [2.05, 4.69) is 0 Å². The van der Waals surface area contributed by atoms with Crippen LogP contribution in [0.3, 0.4) is 0 Å². The fourth-order valence-electron chi connectivity index (χ4n) is 2.54. The van der Waals surface area contributed by atoms with E-state index in [-0.39, 0.29) is 11.4 Å². The Kier molecular flexibility index (Phi) is 5.64. The normalized spacial score (nSPS) is 11.7. The number of ether oxygens (including phenoxy) is 2. The molecule has 2 aromatic carbocycles. The molecule has 0 aromatic heterocycles. The van der Waals surface area contributed by atoms with Crippen LogP contribution in [-0.4, -0.2) is 18.0 Å². The second-order valence-corrected chi connectivity index (χ2v) is 5.93. The molecular weight excluding hydrogens is 346 g/mol. The molecule has 2 aromatic rings. The smallest absolute Gasteiger partial charge is 0.351 e. The first-order valence-corrected chi connectivity index (χ1v) is 7.90. The van der Waals surface area contributed by atoms with Gasteiger partial charge in [0, 0.05) is 16.7 Å². The van der Waals surface area contributed by atoms with E-state index in [4.69, 9.17) is 21.1 Å². The second kappa shape index (κ2) is 7.53. The Morgan fingerprint density at radius 1 is 1.12 bits per heavy atom. The molecular formula is C18H18ClNO5. The first-order valence-electron chi connectivity index (χ1n) is 7.52. The molecule has 0 aliphatic carbocycles. The molecule has 2 rings (SSSR count). The second-order valence-electron chi connectivity index (χ2n) is 5.56. The van der Waals surface area contributed by atoms with Gasteiger partial charge in [-0.15, -0.1) is 0 Å². The number of hydrogen-bond acceptors (Lipinski definition) is 5. The molecule has 0 heterocycles. The van der Waals surface area contributed by atoms with Crippen molar-refractivity contribution in [3.8, 4) is 5.75 Å². The fraction of sp³-hybridized carbons (Fsp3) is 0.278. The minimum Gasteiger partial charge on any atom is -0.466 e. The SMILES string of the molecule is COC(=O)[C@H](Oc1c(C)c(C)c(Cl)c(C)c1[N+](=O)[O-])c1ccccc1. The van der Waals surface area contributed by atoms with E-state index in [1.165, 1.54) is 7.11 Å². The van der Waals surface area contributed by atoms with Gasteiger partial charge in [-0.1, -0.05) is 41.9 Å². The lowest BCUT2D eigenvalue weighted by atomic mass is 10.0. The van der Waals surface area contributed by atoms with Crippen molar-refractivity contribution in [3.63, 3.8) is 0 Å². The molecule has 7 heteroatoms. The number of rotatable bonds is 5. The van der Waals surface area contributed by atoms with Gasteiger partial charge in [0.05, 0.1) is 17.1 Å². The van der Waals surface area contributed by atoms with Crippen molar-refractivity contribution in [2.75, 3.05) is 7.11 Å². The highest BCUT2D eigenvalue weighted by Gasteiger charge is 2.31. The number of carbonyl (C=O) groups is 1. The van der Waals surface area contributed by atoms with Gasteiger partial charge in [-0.2, -0.15) is 0 Å². The number of nitrogens with zero attached hydrogens (tertiary/aromatic N) is 1. The van der Waals surface area contributed by atoms with Crippen LogP contribution >= 0.6 is 11.6 Å². The molecule has 6 nitrogen and oxygen atoms in total. The quantitative estimate of drug-likeness (QED) is 0.445. The van der Waals surface area contributed by atoms with Crippen LogP contribution in [0.1, 0.15) is 28.4 Å². The molecule has 25 heavy (non-hydrogen) atoms. The van der Waals surface area contributed by atoms with Gasteiger partial charge in [-0.05, 0) is 26.3 Å². The number of esters is 1. The standard InChI is InChI=1S/C18H18ClNO5/c1-10-11(2)16(15(20(22)23)12(3)14(10)19)25-17(18(21)24-4)13-8-6-5-7-9-13/h5-9,17H,1-4H3/t17-/m1/s1. The molecule has 0 aliphatic heterocycles. The molecule has 0 bridgehead atoms. The number of carbonyl (C=O) groups excluding carboxylic acids is 1. The van der Waals surface area contributed by atoms with Gasteiger partial charge in [0.1, 0.15) is 0 Å². The van der Waals surface area contributed by atoms with E-state index in [9.17, 15) is 14.9 Å². The van der Waals surface area contributed by atoms with Crippen LogP contribution in [-0.2, 0) is 9.53 Å². The average Bonchev–Trinajstić information content (AvgIpc) is 2.61. The summed E-state index contributed by atoms with van der Waals surface area (Å²) in [7, 11) is 1.24. The van der Waals surface area contributed by atoms with E-state index in [0.29, 0.717) is 27.3 Å². The van der Waals surface area contributed by atoms with Crippen molar-refractivity contribution >= 4 is 23.3 Å². The molecule has 0 spiro atoms. The maximum absolute atomic E-state index is 12.2. The van der Waals surface area contributed by atoms with Crippen molar-refractivity contribution < 1.29 is 19.2 Å². The lowest BCUT2D eigenvalue weighted by Crippen LogP contribution is -2.21. The molecule has 0 saturated heterocycles. The monoisotopic (exact) mass is 363 g/mol. The molecule has 0 radical (unpaired) electrons. The molecule has 0 fully saturated rings. The summed E-state index contributed by atoms with van der Waals surface area (Å²) in [5.74, 6) is -0.631. The molecule has 1 atom stereocenters. The van der Waals surface area contributed by atoms with E-state index < -0.39 is 17.0 Å². The molecule has 0 aliphatic rings. The Morgan fingerprint density at radius 2 is 1.72 bits per heavy atom. The van der Waals surface area contributed by atoms with Crippen molar-refractivity contribution in [2.24, 2.45) is 0 Å². The van der Waals surface area contributed by atoms with E-state index >= 15 is 0 Å². The zero-order valence-corrected chi connectivity index (χ0v) is 15.1. The summed E-state index contributed by atoms with van der Waals surface area (Å²) in [5.41, 5.74) is 1.75. The Morgan fingerprint density at radius 3 is 2.24 bits per heavy atom. The van der Waals surface area contributed by atoms with Crippen LogP contribution in [0.15, 0.2) is 30.3 Å². The highest BCUT2D eigenvalue weighted by molar-refractivity contribution is 6.32. The summed E-state index contributed by atoms with van der Waals surface area (Å²) in [6.45, 7) is 4.97. The number of hydrogen-bond donors (Lipinski definition) is 0. The van der Waals surface area contributed by atoms with E-state index in [1.54, 1.807) is 51.1 Å². The van der Waals surface area contributed by atoms with Crippen molar-refractivity contribution in [2.45, 2.75) is 26.9 Å². The van der Waals surface area contributed by atoms with Crippen LogP contribution in [0.2, 0.25) is 5.02 Å². The topological polar surface area (TPSA) is 78.7 Å². The Bertz CT molecular complexity index is 820. The third kappa shape index (κ3) is 3.58. The summed E-state index contributed by atoms with van der Waals surface area (Å²) >= 11 is 6.20. The summed E-state index contributed by atoms with van der Waals surface area (Å²) in [4.78, 5) is 23.2. The van der Waals surface area contributed by atoms with Crippen molar-refractivity contribution in [1.29, 1.82) is 0 Å². The summed E-state index contributed by atoms with van der Waals surface area (Å²) in [5, 5.41) is 11.9. The van der Waals surface area contributed by atoms with Crippen LogP contribution in [0.4, 0.5) is 5.69 Å². The van der Waals surface area contributed by atoms with Gasteiger partial charge in [0.25, 0.3) is 0 Å². The first-order chi connectivity index (χ1) is 11.8. The predicted molar refractivity (Wildman–Crippen MR) is 94.1 cm³/mol. The third-order valence-electron chi connectivity index (χ3n) is 4.07. The van der Waals surface area contributed by atoms with E-state index in [1.807, 2.05) is 0 Å². The van der Waals surface area contributed by atoms with Crippen LogP contribution in [0.25, 0.3) is 0 Å². The largest absolute Gasteiger partial charge is 0.466 e. The van der Waals surface area contributed by atoms with Gasteiger partial charge in [-0.3, -0.25) is 10.1 Å². The highest BCUT2D eigenvalue weighted by Crippen LogP contribution is 2.43. The molecule has 0 N–H and O–H groups in total. The molecule has 132 valence electrons. The Labute approximate surface area is 150 Å². The summed E-state index contributed by atoms with van der Waals surface area (Å²) in [6, 6.07) is 8.67. The van der Waals surface area contributed by atoms with Crippen LogP contribution < -0.4 is 4.74 Å². The minimum atomic E-state index is -1.12. The molecule has 0 unspecified atom stereocenters. The van der Waals surface area contributed by atoms with Gasteiger partial charge >= 0.3 is 11.7 Å². The van der Waals surface area contributed by atoms with Gasteiger partial charge in [0.2, 0.25) is 11.9 Å². The Hall–Kier alpha value is -2.60. The molecule has 0 amide bonds. The van der Waals surface area contributed by atoms with Gasteiger partial charge < -0.3 is 9.47 Å². The minimum absolute atomic E-state index is 0.0173. The predicted octanol–water partition coefficient (Wildman–Crippen LogP) is 4.47. The van der Waals surface area contributed by atoms with Crippen molar-refractivity contribution in [3.05, 3.63) is 67.7 Å². The average molecular weight is 364 g/mol. The number of nitro groups is 1. The van der Waals surface area contributed by atoms with Crippen molar-refractivity contribution in [1.82, 2.24) is 0 Å². The van der Waals surface area contributed by atoms with Gasteiger partial charge in [-0.25, -0.2) is 4.79 Å². The maximum Gasteiger partial charge on any atom is 0.351 e. The summed E-state index contributed by atoms with van der Waals surface area (Å²) in [6.07, 6.45) is -1.12. The number of methoxy groups -OCH3 is 1. The van der Waals surface area contributed by atoms with E-state index in [0.717, 1.165) is 0 Å². The van der Waals surface area contributed by atoms with Crippen LogP contribution in [0.5, 0.6) is 5.75 Å². The summed E-state index contributed by atoms with van der Waals surface area (Å²) < 4.78 is 10.6. The number of halogens is 1. The third-order valence-corrected chi connectivity index (χ3v) is 4.63. The van der Waals surface area contributed by atoms with Crippen LogP contribution in [0, 0.1) is 30.9 Å². The zero-order valence-electron chi connectivity index (χ0n) is 14.3. The molecule has 0 saturated carbocycles. The lowest BCUT2D eigenvalue weighted by Gasteiger charge is -2.20. The zero-order chi connectivity index (χ0) is 18.7. The number of benzene rings is 2. The lowest BCUT2D eigenvalue weighted by molar-refractivity contribution is -0.386. The Balaban J connectivity index is 2.64. The first kappa shape index (κ1) is 18.7.